The topological polar surface area (TPSA) is 81.2 Å². The number of hydrogen-bond acceptors (Lipinski definition) is 4. The first-order valence-corrected chi connectivity index (χ1v) is 16.1. The van der Waals surface area contributed by atoms with Crippen molar-refractivity contribution in [3.05, 3.63) is 68.2 Å². The van der Waals surface area contributed by atoms with Crippen LogP contribution in [0.3, 0.4) is 0 Å². The van der Waals surface area contributed by atoms with Crippen molar-refractivity contribution in [3.8, 4) is 5.69 Å². The number of rotatable bonds is 4. The summed E-state index contributed by atoms with van der Waals surface area (Å²) in [5, 5.41) is 0.675. The summed E-state index contributed by atoms with van der Waals surface area (Å²) in [6.45, 7) is 3.41. The Morgan fingerprint density at radius 2 is 1.75 bits per heavy atom. The molecule has 3 aromatic rings. The second-order valence-corrected chi connectivity index (χ2v) is 13.7. The quantitative estimate of drug-likeness (QED) is 0.386. The molecule has 1 spiro atoms. The highest BCUT2D eigenvalue weighted by Gasteiger charge is 2.46. The number of likely N-dealkylation sites (tertiary alicyclic amines) is 1. The van der Waals surface area contributed by atoms with Gasteiger partial charge in [-0.05, 0) is 122 Å². The number of aromatic nitrogens is 2. The van der Waals surface area contributed by atoms with E-state index in [9.17, 15) is 9.59 Å². The predicted octanol–water partition coefficient (Wildman–Crippen LogP) is 6.18. The van der Waals surface area contributed by atoms with Crippen LogP contribution in [0.4, 0.5) is 0 Å². The SMILES string of the molecule is NC(=O)C1CCC(CN2CCC(c3ccc4c(c3)-n3c(nc(=O)c5c(Br)cccc53)C43CCCCC3)CC2)CC1. The van der Waals surface area contributed by atoms with Gasteiger partial charge in [-0.3, -0.25) is 14.2 Å². The van der Waals surface area contributed by atoms with Crippen molar-refractivity contribution in [2.75, 3.05) is 19.6 Å². The molecule has 1 saturated heterocycles. The van der Waals surface area contributed by atoms with Crippen molar-refractivity contribution in [3.63, 3.8) is 0 Å². The molecule has 3 fully saturated rings. The van der Waals surface area contributed by atoms with E-state index in [1.54, 1.807) is 0 Å². The molecule has 1 amide bonds. The zero-order valence-corrected chi connectivity index (χ0v) is 24.8. The van der Waals surface area contributed by atoms with Crippen LogP contribution in [0.5, 0.6) is 0 Å². The molecule has 2 saturated carbocycles. The lowest BCUT2D eigenvalue weighted by molar-refractivity contribution is -0.123. The minimum Gasteiger partial charge on any atom is -0.369 e. The van der Waals surface area contributed by atoms with Crippen molar-refractivity contribution in [1.29, 1.82) is 0 Å². The predicted molar refractivity (Wildman–Crippen MR) is 162 cm³/mol. The third-order valence-electron chi connectivity index (χ3n) is 10.6. The Morgan fingerprint density at radius 1 is 1.00 bits per heavy atom. The van der Waals surface area contributed by atoms with E-state index in [-0.39, 0.29) is 22.8 Å². The van der Waals surface area contributed by atoms with Crippen LogP contribution in [0.15, 0.2) is 45.7 Å². The van der Waals surface area contributed by atoms with Crippen molar-refractivity contribution < 1.29 is 4.79 Å². The van der Waals surface area contributed by atoms with Gasteiger partial charge in [0.2, 0.25) is 5.91 Å². The van der Waals surface area contributed by atoms with Crippen molar-refractivity contribution in [1.82, 2.24) is 14.5 Å². The first-order chi connectivity index (χ1) is 19.4. The van der Waals surface area contributed by atoms with E-state index in [2.05, 4.69) is 49.7 Å². The Balaban J connectivity index is 1.16. The second-order valence-electron chi connectivity index (χ2n) is 12.8. The maximum atomic E-state index is 13.3. The molecule has 2 aliphatic heterocycles. The molecule has 2 aliphatic carbocycles. The van der Waals surface area contributed by atoms with Gasteiger partial charge < -0.3 is 10.6 Å². The summed E-state index contributed by atoms with van der Waals surface area (Å²) < 4.78 is 3.14. The summed E-state index contributed by atoms with van der Waals surface area (Å²) in [4.78, 5) is 32.3. The molecule has 0 atom stereocenters. The monoisotopic (exact) mass is 602 g/mol. The van der Waals surface area contributed by atoms with E-state index in [0.29, 0.717) is 17.2 Å². The molecule has 2 N–H and O–H groups in total. The molecule has 4 aliphatic rings. The van der Waals surface area contributed by atoms with E-state index < -0.39 is 0 Å². The Hall–Kier alpha value is -2.51. The number of hydrogen-bond donors (Lipinski definition) is 1. The molecular formula is C33H39BrN4O2. The Kier molecular flexibility index (Phi) is 6.86. The summed E-state index contributed by atoms with van der Waals surface area (Å²) >= 11 is 3.63. The molecule has 0 radical (unpaired) electrons. The highest BCUT2D eigenvalue weighted by atomic mass is 79.9. The third kappa shape index (κ3) is 4.35. The lowest BCUT2D eigenvalue weighted by atomic mass is 9.69. The number of nitrogens with two attached hydrogens (primary N) is 1. The summed E-state index contributed by atoms with van der Waals surface area (Å²) in [7, 11) is 0. The number of primary amides is 1. The molecule has 40 heavy (non-hydrogen) atoms. The molecule has 2 aromatic carbocycles. The van der Waals surface area contributed by atoms with Crippen LogP contribution in [0.1, 0.15) is 93.5 Å². The highest BCUT2D eigenvalue weighted by Crippen LogP contribution is 2.52. The molecule has 210 valence electrons. The average molecular weight is 604 g/mol. The number of nitrogens with zero attached hydrogens (tertiary/aromatic N) is 3. The fourth-order valence-corrected chi connectivity index (χ4v) is 8.92. The number of carbonyl (C=O) groups is 1. The summed E-state index contributed by atoms with van der Waals surface area (Å²) in [5.41, 5.74) is 10.2. The molecule has 7 heteroatoms. The number of piperidine rings is 1. The van der Waals surface area contributed by atoms with Gasteiger partial charge in [-0.25, -0.2) is 0 Å². The maximum absolute atomic E-state index is 13.3. The molecular weight excluding hydrogens is 564 g/mol. The van der Waals surface area contributed by atoms with Gasteiger partial charge >= 0.3 is 0 Å². The summed E-state index contributed by atoms with van der Waals surface area (Å²) in [6, 6.07) is 13.2. The largest absolute Gasteiger partial charge is 0.369 e. The van der Waals surface area contributed by atoms with Crippen molar-refractivity contribution in [2.24, 2.45) is 17.6 Å². The molecule has 6 nitrogen and oxygen atoms in total. The lowest BCUT2D eigenvalue weighted by Crippen LogP contribution is -2.38. The number of carbonyl (C=O) groups excluding carboxylic acids is 1. The number of benzene rings is 2. The van der Waals surface area contributed by atoms with E-state index in [1.165, 1.54) is 48.9 Å². The zero-order chi connectivity index (χ0) is 27.4. The lowest BCUT2D eigenvalue weighted by Gasteiger charge is -2.36. The first kappa shape index (κ1) is 26.4. The molecule has 0 bridgehead atoms. The van der Waals surface area contributed by atoms with E-state index in [1.807, 2.05) is 12.1 Å². The summed E-state index contributed by atoms with van der Waals surface area (Å²) in [6.07, 6.45) is 12.2. The fraction of sp³-hybridized carbons (Fsp3) is 0.545. The summed E-state index contributed by atoms with van der Waals surface area (Å²) in [5.74, 6) is 2.16. The van der Waals surface area contributed by atoms with Gasteiger partial charge in [-0.2, -0.15) is 4.98 Å². The van der Waals surface area contributed by atoms with E-state index in [4.69, 9.17) is 10.7 Å². The van der Waals surface area contributed by atoms with Crippen LogP contribution in [-0.4, -0.2) is 40.0 Å². The Labute approximate surface area is 244 Å². The second kappa shape index (κ2) is 10.4. The van der Waals surface area contributed by atoms with Gasteiger partial charge in [0, 0.05) is 16.9 Å². The van der Waals surface area contributed by atoms with Gasteiger partial charge in [0.15, 0.2) is 0 Å². The van der Waals surface area contributed by atoms with Crippen LogP contribution >= 0.6 is 15.9 Å². The smallest absolute Gasteiger partial charge is 0.281 e. The first-order valence-electron chi connectivity index (χ1n) is 15.3. The normalized spacial score (nSPS) is 24.7. The van der Waals surface area contributed by atoms with Crippen LogP contribution in [0.25, 0.3) is 16.6 Å². The third-order valence-corrected chi connectivity index (χ3v) is 11.3. The van der Waals surface area contributed by atoms with Crippen LogP contribution in [0, 0.1) is 11.8 Å². The Morgan fingerprint density at radius 3 is 2.48 bits per heavy atom. The fourth-order valence-electron chi connectivity index (χ4n) is 8.40. The molecule has 3 heterocycles. The highest BCUT2D eigenvalue weighted by molar-refractivity contribution is 9.10. The van der Waals surface area contributed by atoms with Crippen LogP contribution < -0.4 is 11.3 Å². The number of halogens is 1. The van der Waals surface area contributed by atoms with Gasteiger partial charge in [0.25, 0.3) is 5.56 Å². The minimum absolute atomic E-state index is 0.0891. The molecule has 0 unspecified atom stereocenters. The molecule has 7 rings (SSSR count). The zero-order valence-electron chi connectivity index (χ0n) is 23.2. The van der Waals surface area contributed by atoms with Crippen molar-refractivity contribution >= 4 is 32.7 Å². The standard InChI is InChI=1S/C33H39BrN4O2/c34-26-5-4-6-27-29(26)31(40)36-32-33(15-2-1-3-16-33)25-12-11-24(19-28(25)38(27)32)22-13-17-37(18-14-22)20-21-7-9-23(10-8-21)30(35)39/h4-6,11-12,19,21-23H,1-3,7-10,13-18,20H2,(H2,35,39). The van der Waals surface area contributed by atoms with Gasteiger partial charge in [-0.1, -0.05) is 37.5 Å². The van der Waals surface area contributed by atoms with E-state index in [0.717, 1.165) is 74.0 Å². The van der Waals surface area contributed by atoms with E-state index >= 15 is 0 Å². The number of fused-ring (bicyclic) bond motifs is 7. The van der Waals surface area contributed by atoms with Crippen LogP contribution in [-0.2, 0) is 10.2 Å². The minimum atomic E-state index is -0.154. The van der Waals surface area contributed by atoms with Crippen molar-refractivity contribution in [2.45, 2.75) is 82.0 Å². The van der Waals surface area contributed by atoms with Gasteiger partial charge in [0.05, 0.1) is 22.0 Å². The Bertz CT molecular complexity index is 1510. The van der Waals surface area contributed by atoms with Gasteiger partial charge in [-0.15, -0.1) is 0 Å². The van der Waals surface area contributed by atoms with Crippen LogP contribution in [0.2, 0.25) is 0 Å². The van der Waals surface area contributed by atoms with Gasteiger partial charge in [0.1, 0.15) is 5.82 Å². The molecule has 1 aromatic heterocycles. The average Bonchev–Trinajstić information content (AvgIpc) is 3.22. The maximum Gasteiger partial charge on any atom is 0.281 e. The number of amides is 1.